The van der Waals surface area contributed by atoms with E-state index < -0.39 is 0 Å². The molecular weight excluding hydrogens is 513 g/mol. The predicted octanol–water partition coefficient (Wildman–Crippen LogP) is 4.48. The Morgan fingerprint density at radius 3 is 2.10 bits per heavy atom. The van der Waals surface area contributed by atoms with E-state index in [9.17, 15) is 5.11 Å². The number of rotatable bonds is 7. The molecule has 3 heteroatoms. The van der Waals surface area contributed by atoms with Gasteiger partial charge in [0.05, 0.1) is 6.10 Å². The van der Waals surface area contributed by atoms with Crippen LogP contribution < -0.4 is 0 Å². The van der Waals surface area contributed by atoms with E-state index in [1.54, 1.807) is 0 Å². The zero-order valence-corrected chi connectivity index (χ0v) is 18.9. The second kappa shape index (κ2) is 8.51. The summed E-state index contributed by atoms with van der Waals surface area (Å²) >= 11 is 0. The largest absolute Gasteiger partial charge is 0.677 e. The first-order valence-corrected chi connectivity index (χ1v) is 7.26. The summed E-state index contributed by atoms with van der Waals surface area (Å²) < 4.78 is 0. The Balaban J connectivity index is 0.00000220. The van der Waals surface area contributed by atoms with Crippen LogP contribution in [0.15, 0.2) is 54.6 Å². The second-order valence-electron chi connectivity index (χ2n) is 5.15. The first-order valence-electron chi connectivity index (χ1n) is 7.26. The van der Waals surface area contributed by atoms with Crippen LogP contribution in [0.25, 0.3) is 16.9 Å². The number of hydrogen-bond donors (Lipinski definition) is 1. The predicted molar refractivity (Wildman–Crippen MR) is 84.6 cm³/mol. The first kappa shape index (κ1) is 16.4. The number of aliphatic hydroxyl groups excluding tert-OH is 1. The van der Waals surface area contributed by atoms with Gasteiger partial charge in [0, 0.05) is 0 Å². The van der Waals surface area contributed by atoms with Crippen molar-refractivity contribution in [3.8, 4) is 11.1 Å². The maximum atomic E-state index is 9.79. The van der Waals surface area contributed by atoms with Crippen LogP contribution in [0, 0.1) is 0 Å². The fourth-order valence-corrected chi connectivity index (χ4v) is 2.31. The molecule has 0 spiro atoms. The van der Waals surface area contributed by atoms with Gasteiger partial charge in [-0.3, -0.25) is 0 Å². The molecule has 21 heavy (non-hydrogen) atoms. The normalized spacial score (nSPS) is 11.7. The smallest absolute Gasteiger partial charge is 0.0542 e. The number of hydrogen-bond acceptors (Lipinski definition) is 1. The van der Waals surface area contributed by atoms with Gasteiger partial charge < -0.3 is 10.8 Å². The van der Waals surface area contributed by atoms with Gasteiger partial charge in [-0.15, -0.1) is 0 Å². The average molecular weight is 535 g/mol. The molecule has 0 aromatic heterocycles. The van der Waals surface area contributed by atoms with E-state index in [4.69, 9.17) is 5.73 Å². The summed E-state index contributed by atoms with van der Waals surface area (Å²) in [5.41, 5.74) is 10.8. The van der Waals surface area contributed by atoms with Crippen molar-refractivity contribution >= 4 is 0 Å². The fourth-order valence-electron chi connectivity index (χ4n) is 2.31. The van der Waals surface area contributed by atoms with Crippen LogP contribution in [0.3, 0.4) is 0 Å². The Hall–Kier alpha value is -2.64. The molecule has 1 unspecified atom stereocenters. The summed E-state index contributed by atoms with van der Waals surface area (Å²) in [6, 6.07) is 18.9. The van der Waals surface area contributed by atoms with Crippen LogP contribution in [-0.2, 0) is 6.42 Å². The molecule has 2 aromatic rings. The molecule has 0 saturated heterocycles. The summed E-state index contributed by atoms with van der Waals surface area (Å²) in [5.74, 6) is 0. The van der Waals surface area contributed by atoms with Crippen molar-refractivity contribution in [3.05, 3.63) is 65.9 Å². The third-order valence-corrected chi connectivity index (χ3v) is 3.54. The van der Waals surface area contributed by atoms with Gasteiger partial charge in [-0.1, -0.05) is 61.0 Å². The van der Waals surface area contributed by atoms with Gasteiger partial charge in [0.2, 0.25) is 0 Å². The van der Waals surface area contributed by atoms with Crippen molar-refractivity contribution < 1.29 is 5.11 Å². The molecule has 0 saturated carbocycles. The molecule has 0 bridgehead atoms. The van der Waals surface area contributed by atoms with Crippen molar-refractivity contribution in [2.24, 2.45) is 0 Å². The van der Waals surface area contributed by atoms with Crippen molar-refractivity contribution in [3.63, 3.8) is 0 Å². The van der Waals surface area contributed by atoms with E-state index in [-0.39, 0.29) is 6.10 Å². The minimum atomic E-state index is -0.269. The topological polar surface area (TPSA) is 44.0 Å². The van der Waals surface area contributed by atoms with Gasteiger partial charge in [-0.2, -0.15) is 6.54 Å². The molecule has 2 nitrogen and oxygen atoms in total. The maximum Gasteiger partial charge on any atom is 0.0542 e. The van der Waals surface area contributed by atoms with Crippen molar-refractivity contribution in [2.75, 3.05) is 6.54 Å². The summed E-state index contributed by atoms with van der Waals surface area (Å²) in [6.07, 6.45) is 2.94. The third kappa shape index (κ3) is 5.09. The van der Waals surface area contributed by atoms with Gasteiger partial charge in [-0.25, -0.2) is 0 Å². The van der Waals surface area contributed by atoms with Crippen LogP contribution in [0.1, 0.15) is 24.8 Å². The number of nitrogens with one attached hydrogen (secondary N) is 1. The van der Waals surface area contributed by atoms with Gasteiger partial charge in [0.25, 0.3) is 0 Å². The molecule has 2 rings (SSSR count). The van der Waals surface area contributed by atoms with Crippen molar-refractivity contribution in [1.29, 1.82) is 0 Å². The zero-order valence-electron chi connectivity index (χ0n) is 12.5. The standard InChI is InChI=1S/C18H22NO.Rf/c19-14-4-7-18(20)13-10-15-8-11-17(12-9-15)16-5-2-1-3-6-16;/h1-3,5-6,8-9,11-12,18-20H,4,7,10,13-14H2;/q-1;. The molecule has 0 radical (unpaired) electrons. The van der Waals surface area contributed by atoms with Gasteiger partial charge in [0.15, 0.2) is 0 Å². The Morgan fingerprint density at radius 2 is 1.48 bits per heavy atom. The SMILES string of the molecule is [NH-]CCCC(O)CCc1ccc(-c2ccccc2)cc1.[Rf]. The van der Waals surface area contributed by atoms with E-state index in [0.717, 1.165) is 25.7 Å². The fraction of sp³-hybridized carbons (Fsp3) is 0.333. The van der Waals surface area contributed by atoms with E-state index in [1.807, 2.05) is 18.2 Å². The molecule has 0 fully saturated rings. The minimum absolute atomic E-state index is 0. The van der Waals surface area contributed by atoms with Crippen LogP contribution in [0.4, 0.5) is 0 Å². The number of benzene rings is 2. The molecular formula is C18H22NORf-. The van der Waals surface area contributed by atoms with E-state index in [0.29, 0.717) is 6.54 Å². The second-order valence-corrected chi connectivity index (χ2v) is 5.15. The molecule has 0 aliphatic carbocycles. The van der Waals surface area contributed by atoms with Gasteiger partial charge in [0.1, 0.15) is 0 Å². The molecule has 0 amide bonds. The maximum absolute atomic E-state index is 9.79. The molecule has 108 valence electrons. The van der Waals surface area contributed by atoms with Gasteiger partial charge in [-0.05, 0) is 36.0 Å². The molecule has 2 aromatic carbocycles. The van der Waals surface area contributed by atoms with Crippen LogP contribution in [-0.4, -0.2) is 17.8 Å². The summed E-state index contributed by atoms with van der Waals surface area (Å²) in [6.45, 7) is 0.406. The minimum Gasteiger partial charge on any atom is -0.677 e. The van der Waals surface area contributed by atoms with E-state index in [1.165, 1.54) is 16.7 Å². The monoisotopic (exact) mass is 535 g/mol. The number of aliphatic hydroxyl groups is 1. The Labute approximate surface area is 121 Å². The molecule has 2 N–H and O–H groups in total. The summed E-state index contributed by atoms with van der Waals surface area (Å²) in [7, 11) is 0. The number of aryl methyl sites for hydroxylation is 1. The van der Waals surface area contributed by atoms with Crippen LogP contribution in [0.2, 0.25) is 0 Å². The Kier molecular flexibility index (Phi) is 6.66. The summed E-state index contributed by atoms with van der Waals surface area (Å²) in [4.78, 5) is 0. The molecule has 0 aliphatic heterocycles. The van der Waals surface area contributed by atoms with Crippen molar-refractivity contribution in [2.45, 2.75) is 31.8 Å². The average Bonchev–Trinajstić information content (AvgIpc) is 2.52. The first-order chi connectivity index (χ1) is 9.79. The van der Waals surface area contributed by atoms with Gasteiger partial charge >= 0.3 is 0 Å². The van der Waals surface area contributed by atoms with E-state index >= 15 is 0 Å². The van der Waals surface area contributed by atoms with E-state index in [2.05, 4.69) is 36.4 Å². The van der Waals surface area contributed by atoms with Crippen molar-refractivity contribution in [1.82, 2.24) is 0 Å². The molecule has 1 atom stereocenters. The molecule has 0 heterocycles. The van der Waals surface area contributed by atoms with Crippen LogP contribution in [0.5, 0.6) is 0 Å². The van der Waals surface area contributed by atoms with Crippen LogP contribution >= 0.6 is 0 Å². The zero-order chi connectivity index (χ0) is 14.2. The quantitative estimate of drug-likeness (QED) is 0.559. The Bertz CT molecular complexity index is 498. The Morgan fingerprint density at radius 1 is 0.857 bits per heavy atom. The summed E-state index contributed by atoms with van der Waals surface area (Å²) in [5, 5.41) is 9.79. The molecule has 0 aliphatic rings. The third-order valence-electron chi connectivity index (χ3n) is 3.54.